The molecule has 3 rings (SSSR count). The average Bonchev–Trinajstić information content (AvgIpc) is 2.64. The van der Waals surface area contributed by atoms with Crippen LogP contribution >= 0.6 is 11.6 Å². The summed E-state index contributed by atoms with van der Waals surface area (Å²) < 4.78 is 1.58. The molecule has 2 aromatic heterocycles. The van der Waals surface area contributed by atoms with Gasteiger partial charge in [-0.1, -0.05) is 11.6 Å². The molecule has 2 heterocycles. The second-order valence-electron chi connectivity index (χ2n) is 4.10. The van der Waals surface area contributed by atoms with Crippen molar-refractivity contribution >= 4 is 45.3 Å². The molecule has 0 atom stereocenters. The Bertz CT molecular complexity index is 812. The number of hydrogen-bond acceptors (Lipinski definition) is 4. The number of rotatable bonds is 2. The van der Waals surface area contributed by atoms with E-state index >= 15 is 0 Å². The first-order valence-electron chi connectivity index (χ1n) is 5.47. The molecule has 19 heavy (non-hydrogen) atoms. The maximum atomic E-state index is 11.0. The third kappa shape index (κ3) is 1.77. The molecule has 0 saturated carbocycles. The Balaban J connectivity index is 2.50. The van der Waals surface area contributed by atoms with Crippen LogP contribution in [-0.2, 0) is 11.3 Å². The van der Waals surface area contributed by atoms with Gasteiger partial charge in [-0.25, -0.2) is 9.97 Å². The number of nitrogens with two attached hydrogens (primary N) is 1. The third-order valence-corrected chi connectivity index (χ3v) is 3.16. The van der Waals surface area contributed by atoms with Crippen LogP contribution in [0.25, 0.3) is 21.9 Å². The van der Waals surface area contributed by atoms with Gasteiger partial charge >= 0.3 is 5.97 Å². The van der Waals surface area contributed by atoms with Gasteiger partial charge in [0.2, 0.25) is 0 Å². The van der Waals surface area contributed by atoms with Crippen LogP contribution in [0.5, 0.6) is 0 Å². The molecule has 7 heteroatoms. The average molecular weight is 277 g/mol. The highest BCUT2D eigenvalue weighted by Crippen LogP contribution is 2.32. The number of fused-ring (bicyclic) bond motifs is 3. The Morgan fingerprint density at radius 1 is 1.42 bits per heavy atom. The Morgan fingerprint density at radius 2 is 2.21 bits per heavy atom. The van der Waals surface area contributed by atoms with Crippen LogP contribution in [0.2, 0.25) is 5.02 Å². The minimum atomic E-state index is -0.953. The number of nitrogens with zero attached hydrogens (tertiary/aromatic N) is 3. The number of carboxylic acid groups (broad SMARTS) is 1. The first kappa shape index (κ1) is 11.7. The molecule has 96 valence electrons. The van der Waals surface area contributed by atoms with Crippen LogP contribution in [0.1, 0.15) is 0 Å². The molecule has 0 amide bonds. The van der Waals surface area contributed by atoms with E-state index in [-0.39, 0.29) is 6.54 Å². The summed E-state index contributed by atoms with van der Waals surface area (Å²) in [4.78, 5) is 19.1. The standard InChI is InChI=1S/C12H9ClN4O2/c13-6-1-2-8-7(3-6)10-11(14)15-5-16-12(10)17(8)4-9(18)19/h1-3,5H,4H2,(H,18,19)(H2,14,15,16). The third-order valence-electron chi connectivity index (χ3n) is 2.92. The molecule has 0 bridgehead atoms. The van der Waals surface area contributed by atoms with Gasteiger partial charge in [-0.05, 0) is 18.2 Å². The van der Waals surface area contributed by atoms with Crippen LogP contribution in [0.4, 0.5) is 5.82 Å². The summed E-state index contributed by atoms with van der Waals surface area (Å²) in [7, 11) is 0. The molecule has 3 aromatic rings. The van der Waals surface area contributed by atoms with E-state index in [2.05, 4.69) is 9.97 Å². The molecule has 0 radical (unpaired) electrons. The van der Waals surface area contributed by atoms with Crippen molar-refractivity contribution in [2.45, 2.75) is 6.54 Å². The van der Waals surface area contributed by atoms with E-state index in [4.69, 9.17) is 22.4 Å². The second-order valence-corrected chi connectivity index (χ2v) is 4.54. The van der Waals surface area contributed by atoms with Gasteiger partial charge in [0, 0.05) is 10.4 Å². The van der Waals surface area contributed by atoms with Gasteiger partial charge in [-0.3, -0.25) is 4.79 Å². The van der Waals surface area contributed by atoms with Crippen molar-refractivity contribution in [2.75, 3.05) is 5.73 Å². The number of nitrogen functional groups attached to an aromatic ring is 1. The fraction of sp³-hybridized carbons (Fsp3) is 0.0833. The Hall–Kier alpha value is -2.34. The van der Waals surface area contributed by atoms with Crippen LogP contribution in [0, 0.1) is 0 Å². The van der Waals surface area contributed by atoms with Gasteiger partial charge in [-0.15, -0.1) is 0 Å². The Morgan fingerprint density at radius 3 is 2.95 bits per heavy atom. The SMILES string of the molecule is Nc1ncnc2c1c1cc(Cl)ccc1n2CC(=O)O. The highest BCUT2D eigenvalue weighted by atomic mass is 35.5. The number of hydrogen-bond donors (Lipinski definition) is 2. The van der Waals surface area contributed by atoms with Gasteiger partial charge in [0.1, 0.15) is 24.3 Å². The normalized spacial score (nSPS) is 11.2. The lowest BCUT2D eigenvalue weighted by Crippen LogP contribution is -2.09. The van der Waals surface area contributed by atoms with E-state index in [1.807, 2.05) is 0 Å². The number of aliphatic carboxylic acids is 1. The minimum Gasteiger partial charge on any atom is -0.480 e. The van der Waals surface area contributed by atoms with Crippen molar-refractivity contribution in [3.63, 3.8) is 0 Å². The molecule has 3 N–H and O–H groups in total. The molecule has 6 nitrogen and oxygen atoms in total. The molecule has 0 spiro atoms. The lowest BCUT2D eigenvalue weighted by Gasteiger charge is -2.02. The summed E-state index contributed by atoms with van der Waals surface area (Å²) >= 11 is 5.98. The maximum Gasteiger partial charge on any atom is 0.323 e. The van der Waals surface area contributed by atoms with Crippen molar-refractivity contribution in [1.29, 1.82) is 0 Å². The summed E-state index contributed by atoms with van der Waals surface area (Å²) in [5.41, 5.74) is 7.07. The Labute approximate surface area is 112 Å². The lowest BCUT2D eigenvalue weighted by atomic mass is 10.2. The van der Waals surface area contributed by atoms with Crippen LogP contribution < -0.4 is 5.73 Å². The van der Waals surface area contributed by atoms with Gasteiger partial charge < -0.3 is 15.4 Å². The van der Waals surface area contributed by atoms with Gasteiger partial charge in [0.25, 0.3) is 0 Å². The largest absolute Gasteiger partial charge is 0.480 e. The number of benzene rings is 1. The van der Waals surface area contributed by atoms with E-state index in [0.717, 1.165) is 5.39 Å². The number of carbonyl (C=O) groups is 1. The van der Waals surface area contributed by atoms with E-state index in [1.165, 1.54) is 6.33 Å². The highest BCUT2D eigenvalue weighted by Gasteiger charge is 2.16. The smallest absolute Gasteiger partial charge is 0.323 e. The zero-order chi connectivity index (χ0) is 13.6. The second kappa shape index (κ2) is 4.10. The lowest BCUT2D eigenvalue weighted by molar-refractivity contribution is -0.137. The Kier molecular flexibility index (Phi) is 2.53. The first-order valence-corrected chi connectivity index (χ1v) is 5.85. The number of carboxylic acids is 1. The summed E-state index contributed by atoms with van der Waals surface area (Å²) in [6, 6.07) is 5.18. The monoisotopic (exact) mass is 276 g/mol. The van der Waals surface area contributed by atoms with E-state index in [9.17, 15) is 4.79 Å². The van der Waals surface area contributed by atoms with Gasteiger partial charge in [-0.2, -0.15) is 0 Å². The summed E-state index contributed by atoms with van der Waals surface area (Å²) in [6.07, 6.45) is 1.32. The van der Waals surface area contributed by atoms with E-state index < -0.39 is 5.97 Å². The quantitative estimate of drug-likeness (QED) is 0.745. The zero-order valence-electron chi connectivity index (χ0n) is 9.67. The highest BCUT2D eigenvalue weighted by molar-refractivity contribution is 6.32. The zero-order valence-corrected chi connectivity index (χ0v) is 10.4. The molecule has 0 aliphatic rings. The van der Waals surface area contributed by atoms with E-state index in [1.54, 1.807) is 22.8 Å². The summed E-state index contributed by atoms with van der Waals surface area (Å²) in [5.74, 6) is -0.646. The van der Waals surface area contributed by atoms with Crippen molar-refractivity contribution in [3.05, 3.63) is 29.5 Å². The van der Waals surface area contributed by atoms with Crippen LogP contribution in [0.3, 0.4) is 0 Å². The summed E-state index contributed by atoms with van der Waals surface area (Å²) in [5, 5.41) is 10.9. The van der Waals surface area contributed by atoms with Crippen LogP contribution in [-0.4, -0.2) is 25.6 Å². The van der Waals surface area contributed by atoms with Crippen LogP contribution in [0.15, 0.2) is 24.5 Å². The number of anilines is 1. The molecule has 0 fully saturated rings. The summed E-state index contributed by atoms with van der Waals surface area (Å²) in [6.45, 7) is -0.196. The molecule has 0 aliphatic carbocycles. The van der Waals surface area contributed by atoms with Crippen molar-refractivity contribution < 1.29 is 9.90 Å². The van der Waals surface area contributed by atoms with Crippen molar-refractivity contribution in [3.8, 4) is 0 Å². The molecule has 0 saturated heterocycles. The molecule has 0 unspecified atom stereocenters. The number of aromatic nitrogens is 3. The predicted molar refractivity (Wildman–Crippen MR) is 72.1 cm³/mol. The maximum absolute atomic E-state index is 11.0. The molecule has 1 aromatic carbocycles. The van der Waals surface area contributed by atoms with E-state index in [0.29, 0.717) is 27.4 Å². The fourth-order valence-electron chi connectivity index (χ4n) is 2.21. The minimum absolute atomic E-state index is 0.196. The van der Waals surface area contributed by atoms with Crippen molar-refractivity contribution in [2.24, 2.45) is 0 Å². The number of halogens is 1. The topological polar surface area (TPSA) is 94.0 Å². The van der Waals surface area contributed by atoms with Crippen molar-refractivity contribution in [1.82, 2.24) is 14.5 Å². The predicted octanol–water partition coefficient (Wildman–Crippen LogP) is 1.90. The molecule has 0 aliphatic heterocycles. The van der Waals surface area contributed by atoms with Gasteiger partial charge in [0.15, 0.2) is 0 Å². The molecular formula is C12H9ClN4O2. The fourth-order valence-corrected chi connectivity index (χ4v) is 2.38. The molecular weight excluding hydrogens is 268 g/mol. The van der Waals surface area contributed by atoms with Gasteiger partial charge in [0.05, 0.1) is 10.9 Å². The first-order chi connectivity index (χ1) is 9.08.